The van der Waals surface area contributed by atoms with Crippen molar-refractivity contribution in [3.63, 3.8) is 0 Å². The molecule has 0 amide bonds. The van der Waals surface area contributed by atoms with Crippen molar-refractivity contribution in [3.8, 4) is 11.5 Å². The third-order valence-electron chi connectivity index (χ3n) is 13.2. The first-order valence-corrected chi connectivity index (χ1v) is 30.6. The van der Waals surface area contributed by atoms with Crippen molar-refractivity contribution < 1.29 is 104 Å². The molecule has 2 saturated heterocycles. The van der Waals surface area contributed by atoms with Gasteiger partial charge in [0.15, 0.2) is 23.5 Å². The fourth-order valence-corrected chi connectivity index (χ4v) is 14.8. The molecule has 3 fully saturated rings. The van der Waals surface area contributed by atoms with Gasteiger partial charge in [-0.1, -0.05) is 17.3 Å². The summed E-state index contributed by atoms with van der Waals surface area (Å²) in [6.07, 6.45) is -1.54. The van der Waals surface area contributed by atoms with Gasteiger partial charge in [0.25, 0.3) is 0 Å². The van der Waals surface area contributed by atoms with E-state index in [4.69, 9.17) is 63.5 Å². The predicted molar refractivity (Wildman–Crippen MR) is 283 cm³/mol. The van der Waals surface area contributed by atoms with Crippen LogP contribution < -0.4 is 14.8 Å². The molecule has 0 spiro atoms. The van der Waals surface area contributed by atoms with Crippen LogP contribution in [0.4, 0.5) is 19.0 Å². The molecule has 33 heteroatoms. The molecule has 0 bridgehead atoms. The van der Waals surface area contributed by atoms with Gasteiger partial charge in [-0.05, 0) is 47.6 Å². The lowest BCUT2D eigenvalue weighted by molar-refractivity contribution is -0.136. The summed E-state index contributed by atoms with van der Waals surface area (Å²) in [5.41, 5.74) is 1.28. The van der Waals surface area contributed by atoms with Crippen LogP contribution in [0.5, 0.6) is 11.5 Å². The van der Waals surface area contributed by atoms with Gasteiger partial charge >= 0.3 is 13.6 Å². The summed E-state index contributed by atoms with van der Waals surface area (Å²) in [7, 11) is -8.16. The van der Waals surface area contributed by atoms with Crippen LogP contribution in [0.3, 0.4) is 0 Å². The van der Waals surface area contributed by atoms with Gasteiger partial charge in [-0.3, -0.25) is 13.9 Å². The number of ether oxygens (including phenoxy) is 11. The van der Waals surface area contributed by atoms with Crippen molar-refractivity contribution in [2.24, 2.45) is 11.8 Å². The van der Waals surface area contributed by atoms with E-state index in [9.17, 15) is 47.1 Å². The number of halogens is 4. The number of nitrogens with zero attached hydrogens (tertiary/aromatic N) is 7. The molecule has 8 rings (SSSR count). The Balaban J connectivity index is 0.581. The van der Waals surface area contributed by atoms with Crippen LogP contribution in [-0.4, -0.2) is 203 Å². The van der Waals surface area contributed by atoms with Gasteiger partial charge in [0, 0.05) is 24.3 Å². The average molecular weight is 1240 g/mol. The molecule has 3 aromatic heterocycles. The molecule has 8 atom stereocenters. The van der Waals surface area contributed by atoms with E-state index in [1.54, 1.807) is 10.9 Å². The van der Waals surface area contributed by atoms with Crippen LogP contribution in [0, 0.1) is 29.3 Å². The topological polar surface area (TPSA) is 329 Å². The first-order valence-electron chi connectivity index (χ1n) is 26.6. The Morgan fingerprint density at radius 1 is 0.807 bits per heavy atom. The van der Waals surface area contributed by atoms with E-state index < -0.39 is 80.2 Å². The maximum atomic E-state index is 13.6. The summed E-state index contributed by atoms with van der Waals surface area (Å²) in [5, 5.41) is 38.2. The maximum Gasteiger partial charge on any atom is 0.335 e. The molecule has 2 aliphatic heterocycles. The Bertz CT molecular complexity index is 2930. The van der Waals surface area contributed by atoms with Crippen molar-refractivity contribution in [2.75, 3.05) is 124 Å². The largest absolute Gasteiger partial charge is 0.491 e. The van der Waals surface area contributed by atoms with E-state index in [0.29, 0.717) is 134 Å². The lowest BCUT2D eigenvalue weighted by Crippen LogP contribution is -2.32. The predicted octanol–water partition coefficient (Wildman–Crippen LogP) is 3.88. The summed E-state index contributed by atoms with van der Waals surface area (Å²) in [6, 6.07) is 8.27. The maximum absolute atomic E-state index is 13.6. The second-order valence-electron chi connectivity index (χ2n) is 19.2. The molecular formula is C50H66ClF3N8O19P2. The molecule has 1 aliphatic carbocycles. The normalized spacial score (nSPS) is 22.1. The molecule has 5 aromatic rings. The summed E-state index contributed by atoms with van der Waals surface area (Å²) >= 11 is 6.33. The third-order valence-corrected chi connectivity index (χ3v) is 18.6. The molecule has 4 unspecified atom stereocenters. The van der Waals surface area contributed by atoms with E-state index in [0.717, 1.165) is 5.56 Å². The van der Waals surface area contributed by atoms with Gasteiger partial charge in [0.2, 0.25) is 18.4 Å². The number of fused-ring (bicyclic) bond motifs is 2. The van der Waals surface area contributed by atoms with Gasteiger partial charge in [0.05, 0.1) is 149 Å². The van der Waals surface area contributed by atoms with Crippen molar-refractivity contribution in [2.45, 2.75) is 62.7 Å². The van der Waals surface area contributed by atoms with Crippen molar-refractivity contribution in [3.05, 3.63) is 82.8 Å². The number of benzene rings is 2. The van der Waals surface area contributed by atoms with E-state index in [1.807, 2.05) is 24.3 Å². The molecule has 3 aliphatic rings. The minimum atomic E-state index is -4.58. The van der Waals surface area contributed by atoms with Crippen LogP contribution >= 0.6 is 26.6 Å². The zero-order chi connectivity index (χ0) is 58.8. The Morgan fingerprint density at radius 3 is 2.05 bits per heavy atom. The molecular weight excluding hydrogens is 1170 g/mol. The highest BCUT2D eigenvalue weighted by atomic mass is 35.5. The Hall–Kier alpha value is -4.82. The molecule has 1 saturated carbocycles. The number of aliphatic hydroxyl groups excluding tert-OH is 2. The monoisotopic (exact) mass is 1240 g/mol. The fourth-order valence-electron chi connectivity index (χ4n) is 9.17. The minimum absolute atomic E-state index is 0.0590. The summed E-state index contributed by atoms with van der Waals surface area (Å²) in [6.45, 7) is 6.34. The first-order chi connectivity index (χ1) is 40.0. The van der Waals surface area contributed by atoms with E-state index in [-0.39, 0.29) is 68.6 Å². The highest BCUT2D eigenvalue weighted by molar-refractivity contribution is 7.74. The smallest absolute Gasteiger partial charge is 0.335 e. The molecule has 5 N–H and O–H groups in total. The number of carbonyl (C=O) groups is 1. The Morgan fingerprint density at radius 2 is 1.41 bits per heavy atom. The number of carbonyl (C=O) groups excluding carboxylic acids is 1. The molecule has 2 aromatic carbocycles. The second kappa shape index (κ2) is 31.5. The fraction of sp³-hybridized carbons (Fsp3) is 0.600. The highest BCUT2D eigenvalue weighted by Gasteiger charge is 2.67. The van der Waals surface area contributed by atoms with Gasteiger partial charge in [0.1, 0.15) is 47.8 Å². The van der Waals surface area contributed by atoms with E-state index >= 15 is 0 Å². The Labute approximate surface area is 478 Å². The zero-order valence-corrected chi connectivity index (χ0v) is 47.4. The number of hydrogen-bond acceptors (Lipinski definition) is 23. The van der Waals surface area contributed by atoms with Crippen molar-refractivity contribution >= 4 is 49.4 Å². The molecule has 0 radical (unpaired) electrons. The molecule has 458 valence electrons. The lowest BCUT2D eigenvalue weighted by atomic mass is 10.0. The second-order valence-corrected chi connectivity index (χ2v) is 24.3. The number of aromatic nitrogens is 7. The number of aliphatic hydroxyl groups is 2. The molecule has 27 nitrogen and oxygen atoms in total. The highest BCUT2D eigenvalue weighted by Crippen LogP contribution is 2.77. The zero-order valence-electron chi connectivity index (χ0n) is 44.9. The minimum Gasteiger partial charge on any atom is -0.491 e. The van der Waals surface area contributed by atoms with Crippen LogP contribution in [0.15, 0.2) is 48.8 Å². The Kier molecular flexibility index (Phi) is 24.4. The van der Waals surface area contributed by atoms with E-state index in [1.165, 1.54) is 10.9 Å². The number of esters is 1. The SMILES string of the molecule is O=C(CCOCCOCCOCCOCCn1cc(COCCOCCOCCOCCOc2ccc(CNc3nc(Cl)nc4c3cnn4[C@@H]3O[C@H](CC4C5COP(=O)(CP(=O)(O)O)C54)[C@@H](O)[C@H]3O)cc2)nn1)Oc1c(F)cc(F)cc1F. The molecule has 5 heterocycles. The van der Waals surface area contributed by atoms with Crippen LogP contribution in [0.1, 0.15) is 30.3 Å². The average Bonchev–Trinajstić information content (AvgIpc) is 1.74. The van der Waals surface area contributed by atoms with Crippen molar-refractivity contribution in [1.29, 1.82) is 0 Å². The summed E-state index contributed by atoms with van der Waals surface area (Å²) < 4.78 is 134. The van der Waals surface area contributed by atoms with Gasteiger partial charge in [-0.2, -0.15) is 15.1 Å². The van der Waals surface area contributed by atoms with Gasteiger partial charge in [-0.15, -0.1) is 5.10 Å². The quantitative estimate of drug-likeness (QED) is 0.0123. The lowest BCUT2D eigenvalue weighted by Gasteiger charge is -2.19. The van der Waals surface area contributed by atoms with Gasteiger partial charge in [-0.25, -0.2) is 22.5 Å². The first kappa shape index (κ1) is 64.2. The van der Waals surface area contributed by atoms with Crippen LogP contribution in [0.2, 0.25) is 5.28 Å². The van der Waals surface area contributed by atoms with E-state index in [2.05, 4.69) is 35.4 Å². The van der Waals surface area contributed by atoms with Crippen LogP contribution in [0.25, 0.3) is 11.0 Å². The number of hydrogen-bond donors (Lipinski definition) is 5. The van der Waals surface area contributed by atoms with Crippen molar-refractivity contribution in [1.82, 2.24) is 34.7 Å². The summed E-state index contributed by atoms with van der Waals surface area (Å²) in [4.78, 5) is 39.3. The van der Waals surface area contributed by atoms with Gasteiger partial charge < -0.3 is 81.9 Å². The number of rotatable bonds is 39. The standard InChI is InChI=1S/C50H66ClF3N8O19P2/c51-50-57-47(37-27-56-62(48(37)58-50)49-44(65)43(64)41(80-49)25-36-38-30-79-82(66,46(36)38)31-83(67,68)69)55-26-32-1-3-35(4-2-32)78-22-21-76-18-17-74-15-16-75-19-20-77-29-34-28-61(60-59-34)6-8-71-10-12-73-14-13-72-11-9-70-7-5-42(63)81-45-39(53)23-33(52)24-40(45)54/h1-4,23-24,27-28,36,38,41,43-44,46,49,64-65H,5-22,25-26,29-31H2,(H,55,57,58)(H2,67,68,69)/t36?,38?,41-,43-,44-,46?,49-,82?/m1/s1. The number of nitrogens with one attached hydrogen (secondary N) is 1. The summed E-state index contributed by atoms with van der Waals surface area (Å²) in [5.74, 6) is -5.87. The number of anilines is 1. The molecule has 83 heavy (non-hydrogen) atoms. The van der Waals surface area contributed by atoms with Crippen LogP contribution in [-0.2, 0) is 80.8 Å². The third kappa shape index (κ3) is 19.3.